The van der Waals surface area contributed by atoms with E-state index in [1.807, 2.05) is 0 Å². The first-order chi connectivity index (χ1) is 7.91. The lowest BCUT2D eigenvalue weighted by atomic mass is 10.1. The van der Waals surface area contributed by atoms with Gasteiger partial charge in [0.1, 0.15) is 4.21 Å². The van der Waals surface area contributed by atoms with Crippen molar-refractivity contribution in [3.8, 4) is 0 Å². The maximum atomic E-state index is 12.3. The van der Waals surface area contributed by atoms with E-state index in [-0.39, 0.29) is 10.3 Å². The molecule has 0 radical (unpaired) electrons. The van der Waals surface area contributed by atoms with Crippen molar-refractivity contribution in [3.63, 3.8) is 0 Å². The molecule has 0 spiro atoms. The van der Waals surface area contributed by atoms with Crippen molar-refractivity contribution < 1.29 is 8.42 Å². The van der Waals surface area contributed by atoms with Crippen LogP contribution in [0.2, 0.25) is 5.02 Å². The Morgan fingerprint density at radius 2 is 2.06 bits per heavy atom. The second-order valence-corrected chi connectivity index (χ2v) is 8.87. The van der Waals surface area contributed by atoms with Crippen molar-refractivity contribution in [1.29, 1.82) is 0 Å². The number of hydrogen-bond acceptors (Lipinski definition) is 4. The summed E-state index contributed by atoms with van der Waals surface area (Å²) in [6, 6.07) is 1.60. The topological polar surface area (TPSA) is 63.4 Å². The number of sulfonamides is 1. The minimum absolute atomic E-state index is 0.111. The van der Waals surface area contributed by atoms with E-state index in [4.69, 9.17) is 17.3 Å². The molecule has 1 aliphatic rings. The van der Waals surface area contributed by atoms with Gasteiger partial charge < -0.3 is 5.73 Å². The van der Waals surface area contributed by atoms with Gasteiger partial charge in [-0.05, 0) is 34.8 Å². The molecule has 0 amide bonds. The van der Waals surface area contributed by atoms with E-state index < -0.39 is 10.0 Å². The van der Waals surface area contributed by atoms with Gasteiger partial charge in [0.25, 0.3) is 10.0 Å². The van der Waals surface area contributed by atoms with E-state index >= 15 is 0 Å². The van der Waals surface area contributed by atoms with Gasteiger partial charge in [0.15, 0.2) is 0 Å². The second-order valence-electron chi connectivity index (χ2n) is 3.93. The molecule has 0 atom stereocenters. The van der Waals surface area contributed by atoms with Crippen LogP contribution in [0.5, 0.6) is 0 Å². The number of rotatable bonds is 2. The monoisotopic (exact) mass is 358 g/mol. The smallest absolute Gasteiger partial charge is 0.252 e. The first kappa shape index (κ1) is 13.8. The van der Waals surface area contributed by atoms with E-state index in [1.54, 1.807) is 0 Å². The van der Waals surface area contributed by atoms with Crippen LogP contribution in [0.3, 0.4) is 0 Å². The summed E-state index contributed by atoms with van der Waals surface area (Å²) in [5, 5.41) is 0.433. The van der Waals surface area contributed by atoms with Crippen molar-refractivity contribution in [2.75, 3.05) is 13.1 Å². The summed E-state index contributed by atoms with van der Waals surface area (Å²) in [5.41, 5.74) is 5.76. The zero-order chi connectivity index (χ0) is 12.6. The summed E-state index contributed by atoms with van der Waals surface area (Å²) in [4.78, 5) is 0. The van der Waals surface area contributed by atoms with Gasteiger partial charge in [0, 0.05) is 19.1 Å². The van der Waals surface area contributed by atoms with E-state index in [0.717, 1.165) is 11.3 Å². The molecule has 1 fully saturated rings. The summed E-state index contributed by atoms with van der Waals surface area (Å²) in [6.07, 6.45) is 1.42. The molecule has 4 nitrogen and oxygen atoms in total. The van der Waals surface area contributed by atoms with E-state index in [9.17, 15) is 8.42 Å². The molecule has 96 valence electrons. The zero-order valence-electron chi connectivity index (χ0n) is 8.90. The number of nitrogens with two attached hydrogens (primary N) is 1. The Morgan fingerprint density at radius 3 is 2.53 bits per heavy atom. The normalized spacial score (nSPS) is 19.7. The largest absolute Gasteiger partial charge is 0.328 e. The van der Waals surface area contributed by atoms with Gasteiger partial charge in [-0.25, -0.2) is 8.42 Å². The molecule has 1 saturated heterocycles. The predicted molar refractivity (Wildman–Crippen MR) is 73.0 cm³/mol. The summed E-state index contributed by atoms with van der Waals surface area (Å²) in [5.74, 6) is 0. The highest BCUT2D eigenvalue weighted by Crippen LogP contribution is 2.36. The molecule has 2 N–H and O–H groups in total. The van der Waals surface area contributed by atoms with Crippen molar-refractivity contribution in [3.05, 3.63) is 14.9 Å². The number of piperidine rings is 1. The lowest BCUT2D eigenvalue weighted by Crippen LogP contribution is -2.42. The highest BCUT2D eigenvalue weighted by atomic mass is 79.9. The molecule has 1 aromatic rings. The third-order valence-corrected chi connectivity index (χ3v) is 7.54. The molecule has 8 heteroatoms. The van der Waals surface area contributed by atoms with Gasteiger partial charge in [-0.2, -0.15) is 4.31 Å². The molecule has 1 aliphatic heterocycles. The Hall–Kier alpha value is 0.340. The Kier molecular flexibility index (Phi) is 4.16. The Labute approximate surface area is 118 Å². The van der Waals surface area contributed by atoms with Crippen LogP contribution in [-0.2, 0) is 10.0 Å². The maximum Gasteiger partial charge on any atom is 0.252 e. The molecule has 0 unspecified atom stereocenters. The number of halogens is 2. The third kappa shape index (κ3) is 2.85. The third-order valence-electron chi connectivity index (χ3n) is 2.72. The first-order valence-corrected chi connectivity index (χ1v) is 8.54. The van der Waals surface area contributed by atoms with Crippen LogP contribution >= 0.6 is 38.9 Å². The van der Waals surface area contributed by atoms with Gasteiger partial charge >= 0.3 is 0 Å². The Balaban J connectivity index is 2.24. The van der Waals surface area contributed by atoms with Crippen LogP contribution in [-0.4, -0.2) is 31.9 Å². The van der Waals surface area contributed by atoms with Crippen molar-refractivity contribution in [2.45, 2.75) is 23.1 Å². The minimum atomic E-state index is -3.41. The second kappa shape index (κ2) is 5.14. The zero-order valence-corrected chi connectivity index (χ0v) is 12.9. The van der Waals surface area contributed by atoms with Crippen LogP contribution in [0, 0.1) is 0 Å². The summed E-state index contributed by atoms with van der Waals surface area (Å²) < 4.78 is 27.0. The molecule has 17 heavy (non-hydrogen) atoms. The van der Waals surface area contributed by atoms with Crippen molar-refractivity contribution in [2.24, 2.45) is 5.73 Å². The van der Waals surface area contributed by atoms with Gasteiger partial charge in [-0.1, -0.05) is 11.6 Å². The summed E-state index contributed by atoms with van der Waals surface area (Å²) >= 11 is 10.2. The van der Waals surface area contributed by atoms with Crippen LogP contribution in [0.25, 0.3) is 0 Å². The lowest BCUT2D eigenvalue weighted by Gasteiger charge is -2.28. The minimum Gasteiger partial charge on any atom is -0.328 e. The van der Waals surface area contributed by atoms with Crippen LogP contribution in [0.1, 0.15) is 12.8 Å². The number of nitrogens with zero attached hydrogens (tertiary/aromatic N) is 1. The van der Waals surface area contributed by atoms with Gasteiger partial charge in [0.05, 0.1) is 8.81 Å². The molecular weight excluding hydrogens is 348 g/mol. The standard InChI is InChI=1S/C9H12BrClN2O2S2/c10-9-7(11)5-8(16-9)17(14,15)13-3-1-6(12)2-4-13/h5-6H,1-4,12H2. The van der Waals surface area contributed by atoms with Crippen molar-refractivity contribution >= 4 is 48.9 Å². The van der Waals surface area contributed by atoms with Crippen LogP contribution in [0.15, 0.2) is 14.1 Å². The van der Waals surface area contributed by atoms with E-state index in [1.165, 1.54) is 10.4 Å². The molecular formula is C9H12BrClN2O2S2. The van der Waals surface area contributed by atoms with Crippen LogP contribution < -0.4 is 5.73 Å². The van der Waals surface area contributed by atoms with Gasteiger partial charge in [-0.3, -0.25) is 0 Å². The fourth-order valence-corrected chi connectivity index (χ4v) is 5.72. The lowest BCUT2D eigenvalue weighted by molar-refractivity contribution is 0.320. The molecule has 0 saturated carbocycles. The van der Waals surface area contributed by atoms with E-state index in [2.05, 4.69) is 15.9 Å². The molecule has 0 aliphatic carbocycles. The van der Waals surface area contributed by atoms with Gasteiger partial charge in [0.2, 0.25) is 0 Å². The quantitative estimate of drug-likeness (QED) is 0.881. The Bertz CT molecular complexity index is 490. The summed E-state index contributed by atoms with van der Waals surface area (Å²) in [7, 11) is -3.41. The van der Waals surface area contributed by atoms with Crippen LogP contribution in [0.4, 0.5) is 0 Å². The van der Waals surface area contributed by atoms with Crippen molar-refractivity contribution in [1.82, 2.24) is 4.31 Å². The fraction of sp³-hybridized carbons (Fsp3) is 0.556. The summed E-state index contributed by atoms with van der Waals surface area (Å²) in [6.45, 7) is 0.966. The SMILES string of the molecule is NC1CCN(S(=O)(=O)c2cc(Cl)c(Br)s2)CC1. The molecule has 2 heterocycles. The first-order valence-electron chi connectivity index (χ1n) is 5.12. The Morgan fingerprint density at radius 1 is 1.47 bits per heavy atom. The molecule has 0 bridgehead atoms. The highest BCUT2D eigenvalue weighted by Gasteiger charge is 2.30. The average Bonchev–Trinajstić information content (AvgIpc) is 2.60. The molecule has 2 rings (SSSR count). The average molecular weight is 360 g/mol. The fourth-order valence-electron chi connectivity index (χ4n) is 1.70. The number of hydrogen-bond donors (Lipinski definition) is 1. The van der Waals surface area contributed by atoms with E-state index in [0.29, 0.717) is 34.7 Å². The number of thiophene rings is 1. The van der Waals surface area contributed by atoms with Gasteiger partial charge in [-0.15, -0.1) is 11.3 Å². The maximum absolute atomic E-state index is 12.3. The molecule has 1 aromatic heterocycles. The predicted octanol–water partition coefficient (Wildman–Crippen LogP) is 2.28. The highest BCUT2D eigenvalue weighted by molar-refractivity contribution is 9.11. The molecule has 0 aromatic carbocycles.